The lowest BCUT2D eigenvalue weighted by atomic mass is 9.99. The van der Waals surface area contributed by atoms with Crippen LogP contribution in [0.25, 0.3) is 0 Å². The van der Waals surface area contributed by atoms with Crippen LogP contribution in [-0.2, 0) is 10.0 Å². The lowest BCUT2D eigenvalue weighted by Crippen LogP contribution is -2.45. The smallest absolute Gasteiger partial charge is 0.243 e. The maximum Gasteiger partial charge on any atom is 0.243 e. The van der Waals surface area contributed by atoms with Gasteiger partial charge >= 0.3 is 0 Å². The predicted molar refractivity (Wildman–Crippen MR) is 74.4 cm³/mol. The van der Waals surface area contributed by atoms with Gasteiger partial charge in [0.1, 0.15) is 0 Å². The first-order valence-electron chi connectivity index (χ1n) is 6.55. The summed E-state index contributed by atoms with van der Waals surface area (Å²) in [6, 6.07) is 6.63. The largest absolute Gasteiger partial charge is 0.393 e. The van der Waals surface area contributed by atoms with E-state index in [4.69, 9.17) is 5.26 Å². The summed E-state index contributed by atoms with van der Waals surface area (Å²) in [5.74, 6) is -0.0852. The topological polar surface area (TPSA) is 81.4 Å². The van der Waals surface area contributed by atoms with E-state index >= 15 is 0 Å². The first-order valence-corrected chi connectivity index (χ1v) is 7.99. The van der Waals surface area contributed by atoms with Gasteiger partial charge in [-0.25, -0.2) is 8.42 Å². The highest BCUT2D eigenvalue weighted by Crippen LogP contribution is 2.26. The molecule has 108 valence electrons. The zero-order chi connectivity index (χ0) is 14.9. The van der Waals surface area contributed by atoms with E-state index in [0.717, 1.165) is 0 Å². The summed E-state index contributed by atoms with van der Waals surface area (Å²) in [6.07, 6.45) is -0.00909. The Morgan fingerprint density at radius 3 is 2.75 bits per heavy atom. The van der Waals surface area contributed by atoms with E-state index < -0.39 is 16.1 Å². The zero-order valence-corrected chi connectivity index (χ0v) is 12.4. The monoisotopic (exact) mass is 294 g/mol. The van der Waals surface area contributed by atoms with Crippen LogP contribution in [0.15, 0.2) is 23.1 Å². The van der Waals surface area contributed by atoms with Gasteiger partial charge < -0.3 is 5.11 Å². The molecule has 1 N–H and O–H groups in total. The van der Waals surface area contributed by atoms with Crippen molar-refractivity contribution in [2.45, 2.75) is 31.3 Å². The summed E-state index contributed by atoms with van der Waals surface area (Å²) >= 11 is 0. The van der Waals surface area contributed by atoms with Gasteiger partial charge in [-0.1, -0.05) is 13.0 Å². The van der Waals surface area contributed by atoms with Crippen molar-refractivity contribution in [3.8, 4) is 6.07 Å². The Bertz CT molecular complexity index is 649. The number of sulfonamides is 1. The fourth-order valence-electron chi connectivity index (χ4n) is 2.40. The van der Waals surface area contributed by atoms with Gasteiger partial charge in [0.25, 0.3) is 0 Å². The molecule has 1 aromatic rings. The van der Waals surface area contributed by atoms with E-state index in [0.29, 0.717) is 30.6 Å². The molecule has 0 saturated carbocycles. The molecule has 0 amide bonds. The minimum Gasteiger partial charge on any atom is -0.393 e. The molecule has 5 nitrogen and oxygen atoms in total. The average Bonchev–Trinajstić information content (AvgIpc) is 2.42. The molecule has 0 aromatic heterocycles. The molecule has 1 aliphatic rings. The molecular weight excluding hydrogens is 276 g/mol. The van der Waals surface area contributed by atoms with Crippen LogP contribution >= 0.6 is 0 Å². The maximum absolute atomic E-state index is 12.7. The number of hydrogen-bond acceptors (Lipinski definition) is 4. The van der Waals surface area contributed by atoms with Crippen molar-refractivity contribution in [2.75, 3.05) is 13.1 Å². The number of piperidine rings is 1. The Labute approximate surface area is 119 Å². The molecule has 6 heteroatoms. The van der Waals surface area contributed by atoms with E-state index in [9.17, 15) is 13.5 Å². The quantitative estimate of drug-likeness (QED) is 0.890. The SMILES string of the molecule is Cc1ccc(C#N)cc1S(=O)(=O)N1CCC(O)C(C)C1. The molecule has 1 fully saturated rings. The fraction of sp³-hybridized carbons (Fsp3) is 0.500. The molecule has 1 aromatic carbocycles. The van der Waals surface area contributed by atoms with Crippen molar-refractivity contribution >= 4 is 10.0 Å². The van der Waals surface area contributed by atoms with Gasteiger partial charge in [0.15, 0.2) is 0 Å². The van der Waals surface area contributed by atoms with Crippen molar-refractivity contribution in [2.24, 2.45) is 5.92 Å². The summed E-state index contributed by atoms with van der Waals surface area (Å²) in [5, 5.41) is 18.6. The molecule has 1 heterocycles. The highest BCUT2D eigenvalue weighted by molar-refractivity contribution is 7.89. The third kappa shape index (κ3) is 2.70. The highest BCUT2D eigenvalue weighted by Gasteiger charge is 2.33. The first kappa shape index (κ1) is 15.0. The van der Waals surface area contributed by atoms with Crippen molar-refractivity contribution < 1.29 is 13.5 Å². The number of aliphatic hydroxyl groups is 1. The lowest BCUT2D eigenvalue weighted by Gasteiger charge is -2.33. The van der Waals surface area contributed by atoms with Gasteiger partial charge in [-0.2, -0.15) is 9.57 Å². The maximum atomic E-state index is 12.7. The number of aliphatic hydroxyl groups excluding tert-OH is 1. The van der Waals surface area contributed by atoms with Crippen LogP contribution in [0.5, 0.6) is 0 Å². The second-order valence-corrected chi connectivity index (χ2v) is 7.19. The number of nitriles is 1. The summed E-state index contributed by atoms with van der Waals surface area (Å²) < 4.78 is 26.7. The van der Waals surface area contributed by atoms with Gasteiger partial charge in [0.2, 0.25) is 10.0 Å². The molecule has 2 atom stereocenters. The molecule has 1 saturated heterocycles. The van der Waals surface area contributed by atoms with Gasteiger partial charge in [-0.05, 0) is 37.0 Å². The molecule has 0 bridgehead atoms. The van der Waals surface area contributed by atoms with Crippen molar-refractivity contribution in [1.29, 1.82) is 5.26 Å². The van der Waals surface area contributed by atoms with Crippen LogP contribution in [-0.4, -0.2) is 37.0 Å². The van der Waals surface area contributed by atoms with E-state index in [1.807, 2.05) is 13.0 Å². The zero-order valence-electron chi connectivity index (χ0n) is 11.6. The predicted octanol–water partition coefficient (Wildman–Crippen LogP) is 1.26. The normalized spacial score (nSPS) is 24.3. The molecule has 2 unspecified atom stereocenters. The van der Waals surface area contributed by atoms with Crippen molar-refractivity contribution in [1.82, 2.24) is 4.31 Å². The Kier molecular flexibility index (Phi) is 4.14. The Hall–Kier alpha value is -1.42. The van der Waals surface area contributed by atoms with Crippen LogP contribution in [0.2, 0.25) is 0 Å². The van der Waals surface area contributed by atoms with E-state index in [1.54, 1.807) is 19.1 Å². The molecule has 0 aliphatic carbocycles. The summed E-state index contributed by atoms with van der Waals surface area (Å²) in [7, 11) is -3.61. The second-order valence-electron chi connectivity index (χ2n) is 5.29. The van der Waals surface area contributed by atoms with Crippen LogP contribution in [0.1, 0.15) is 24.5 Å². The Balaban J connectivity index is 2.38. The van der Waals surface area contributed by atoms with E-state index in [2.05, 4.69) is 0 Å². The van der Waals surface area contributed by atoms with Crippen molar-refractivity contribution in [3.05, 3.63) is 29.3 Å². The van der Waals surface area contributed by atoms with Crippen molar-refractivity contribution in [3.63, 3.8) is 0 Å². The molecule has 2 rings (SSSR count). The van der Waals surface area contributed by atoms with Gasteiger partial charge in [0, 0.05) is 13.1 Å². The van der Waals surface area contributed by atoms with Crippen LogP contribution in [0.4, 0.5) is 0 Å². The van der Waals surface area contributed by atoms with Crippen LogP contribution < -0.4 is 0 Å². The third-order valence-electron chi connectivity index (χ3n) is 3.76. The highest BCUT2D eigenvalue weighted by atomic mass is 32.2. The van der Waals surface area contributed by atoms with Crippen LogP contribution in [0.3, 0.4) is 0 Å². The van der Waals surface area contributed by atoms with Crippen LogP contribution in [0, 0.1) is 24.2 Å². The summed E-state index contributed by atoms with van der Waals surface area (Å²) in [4.78, 5) is 0.181. The molecular formula is C14H18N2O3S. The third-order valence-corrected chi connectivity index (χ3v) is 5.76. The van der Waals surface area contributed by atoms with Gasteiger partial charge in [0.05, 0.1) is 22.6 Å². The summed E-state index contributed by atoms with van der Waals surface area (Å²) in [5.41, 5.74) is 0.960. The number of nitrogens with zero attached hydrogens (tertiary/aromatic N) is 2. The number of benzene rings is 1. The van der Waals surface area contributed by atoms with Gasteiger partial charge in [-0.3, -0.25) is 0 Å². The molecule has 20 heavy (non-hydrogen) atoms. The number of aryl methyl sites for hydroxylation is 1. The number of rotatable bonds is 2. The minimum atomic E-state index is -3.61. The molecule has 0 spiro atoms. The average molecular weight is 294 g/mol. The Morgan fingerprint density at radius 2 is 2.15 bits per heavy atom. The van der Waals surface area contributed by atoms with E-state index in [-0.39, 0.29) is 10.8 Å². The molecule has 1 aliphatic heterocycles. The first-order chi connectivity index (χ1) is 9.36. The second kappa shape index (κ2) is 5.52. The van der Waals surface area contributed by atoms with E-state index in [1.165, 1.54) is 10.4 Å². The standard InChI is InChI=1S/C14H18N2O3S/c1-10-3-4-12(8-15)7-14(10)20(18,19)16-6-5-13(17)11(2)9-16/h3-4,7,11,13,17H,5-6,9H2,1-2H3. The fourth-order valence-corrected chi connectivity index (χ4v) is 4.21. The summed E-state index contributed by atoms with van der Waals surface area (Å²) in [6.45, 7) is 4.17. The Morgan fingerprint density at radius 1 is 1.45 bits per heavy atom. The minimum absolute atomic E-state index is 0.0852. The lowest BCUT2D eigenvalue weighted by molar-refractivity contribution is 0.0628. The number of hydrogen-bond donors (Lipinski definition) is 1. The van der Waals surface area contributed by atoms with Gasteiger partial charge in [-0.15, -0.1) is 0 Å². The molecule has 0 radical (unpaired) electrons.